The standard InChI is InChI=1S/C21H15Cl2N3O5/c1-13-19(21(27)28)24-20(17-10-7-15(22)12-18(17)23)25(13)16-8-5-14(6-9-16)4-2-3-11-31-26(29)30/h5-10,12H,3,11H2,1H3,(H,27,28). The number of nitrogens with zero attached hydrogens (tertiary/aromatic N) is 3. The molecule has 1 N–H and O–H groups in total. The normalized spacial score (nSPS) is 10.3. The highest BCUT2D eigenvalue weighted by molar-refractivity contribution is 6.36. The number of halogens is 2. The fraction of sp³-hybridized carbons (Fsp3) is 0.143. The van der Waals surface area contributed by atoms with Gasteiger partial charge in [0.25, 0.3) is 5.09 Å². The van der Waals surface area contributed by atoms with Crippen LogP contribution >= 0.6 is 23.2 Å². The van der Waals surface area contributed by atoms with Gasteiger partial charge in [0.1, 0.15) is 12.4 Å². The van der Waals surface area contributed by atoms with Crippen LogP contribution in [-0.4, -0.2) is 32.3 Å². The van der Waals surface area contributed by atoms with Gasteiger partial charge in [-0.2, -0.15) is 0 Å². The fourth-order valence-electron chi connectivity index (χ4n) is 2.90. The van der Waals surface area contributed by atoms with Gasteiger partial charge in [0.15, 0.2) is 5.69 Å². The molecule has 10 heteroatoms. The minimum absolute atomic E-state index is 0.0873. The third-order valence-electron chi connectivity index (χ3n) is 4.26. The van der Waals surface area contributed by atoms with Crippen molar-refractivity contribution in [1.29, 1.82) is 0 Å². The van der Waals surface area contributed by atoms with E-state index in [-0.39, 0.29) is 18.7 Å². The molecule has 0 saturated heterocycles. The first-order valence-corrected chi connectivity index (χ1v) is 9.68. The lowest BCUT2D eigenvalue weighted by atomic mass is 10.1. The Morgan fingerprint density at radius 1 is 1.26 bits per heavy atom. The molecular formula is C21H15Cl2N3O5. The average molecular weight is 460 g/mol. The molecule has 0 unspecified atom stereocenters. The van der Waals surface area contributed by atoms with E-state index in [0.717, 1.165) is 0 Å². The van der Waals surface area contributed by atoms with Crippen molar-refractivity contribution < 1.29 is 19.8 Å². The van der Waals surface area contributed by atoms with Crippen LogP contribution < -0.4 is 0 Å². The molecular weight excluding hydrogens is 445 g/mol. The number of carbonyl (C=O) groups is 1. The number of rotatable bonds is 6. The van der Waals surface area contributed by atoms with Gasteiger partial charge >= 0.3 is 5.97 Å². The van der Waals surface area contributed by atoms with Crippen molar-refractivity contribution in [3.05, 3.63) is 79.6 Å². The van der Waals surface area contributed by atoms with E-state index in [1.54, 1.807) is 54.0 Å². The Kier molecular flexibility index (Phi) is 6.80. The molecule has 2 aromatic carbocycles. The summed E-state index contributed by atoms with van der Waals surface area (Å²) in [6, 6.07) is 11.9. The summed E-state index contributed by atoms with van der Waals surface area (Å²) in [4.78, 5) is 30.3. The second-order valence-corrected chi connectivity index (χ2v) is 7.13. The second kappa shape index (κ2) is 9.51. The van der Waals surface area contributed by atoms with E-state index >= 15 is 0 Å². The Morgan fingerprint density at radius 3 is 2.58 bits per heavy atom. The van der Waals surface area contributed by atoms with Crippen LogP contribution in [0.3, 0.4) is 0 Å². The highest BCUT2D eigenvalue weighted by Gasteiger charge is 2.22. The predicted octanol–water partition coefficient (Wildman–Crippen LogP) is 4.80. The van der Waals surface area contributed by atoms with Crippen LogP contribution in [0.2, 0.25) is 10.0 Å². The van der Waals surface area contributed by atoms with Crippen molar-refractivity contribution in [2.75, 3.05) is 6.61 Å². The lowest BCUT2D eigenvalue weighted by Crippen LogP contribution is -2.02. The predicted molar refractivity (Wildman–Crippen MR) is 115 cm³/mol. The van der Waals surface area contributed by atoms with Crippen LogP contribution in [0.25, 0.3) is 17.1 Å². The van der Waals surface area contributed by atoms with Crippen LogP contribution in [0.5, 0.6) is 0 Å². The van der Waals surface area contributed by atoms with Crippen molar-refractivity contribution in [1.82, 2.24) is 9.55 Å². The van der Waals surface area contributed by atoms with Crippen LogP contribution in [0.1, 0.15) is 28.2 Å². The van der Waals surface area contributed by atoms with Gasteiger partial charge in [-0.25, -0.2) is 9.78 Å². The SMILES string of the molecule is Cc1c(C(=O)O)nc(-c2ccc(Cl)cc2Cl)n1-c1ccc(C#CCCO[N+](=O)[O-])cc1. The van der Waals surface area contributed by atoms with Gasteiger partial charge in [-0.1, -0.05) is 35.0 Å². The smallest absolute Gasteiger partial charge is 0.356 e. The van der Waals surface area contributed by atoms with E-state index in [4.69, 9.17) is 23.2 Å². The Hall–Kier alpha value is -3.54. The van der Waals surface area contributed by atoms with Gasteiger partial charge in [0.2, 0.25) is 0 Å². The lowest BCUT2D eigenvalue weighted by molar-refractivity contribution is -0.757. The lowest BCUT2D eigenvalue weighted by Gasteiger charge is -2.12. The molecule has 0 bridgehead atoms. The molecule has 3 aromatic rings. The molecule has 0 saturated carbocycles. The number of imidazole rings is 1. The third kappa shape index (κ3) is 5.15. The molecule has 0 radical (unpaired) electrons. The maximum absolute atomic E-state index is 11.7. The maximum atomic E-state index is 11.7. The zero-order valence-corrected chi connectivity index (χ0v) is 17.6. The molecule has 0 aliphatic heterocycles. The molecule has 8 nitrogen and oxygen atoms in total. The minimum atomic E-state index is -1.15. The first-order chi connectivity index (χ1) is 14.8. The quantitative estimate of drug-likeness (QED) is 0.245. The summed E-state index contributed by atoms with van der Waals surface area (Å²) in [5.41, 5.74) is 2.24. The van der Waals surface area contributed by atoms with Crippen LogP contribution in [0.15, 0.2) is 42.5 Å². The maximum Gasteiger partial charge on any atom is 0.356 e. The molecule has 1 heterocycles. The van der Waals surface area contributed by atoms with Gasteiger partial charge in [0, 0.05) is 28.3 Å². The number of hydrogen-bond donors (Lipinski definition) is 1. The number of carboxylic acids is 1. The van der Waals surface area contributed by atoms with E-state index in [9.17, 15) is 20.0 Å². The number of benzene rings is 2. The molecule has 0 aliphatic rings. The topological polar surface area (TPSA) is 107 Å². The van der Waals surface area contributed by atoms with Crippen molar-refractivity contribution in [2.24, 2.45) is 0 Å². The summed E-state index contributed by atoms with van der Waals surface area (Å²) < 4.78 is 1.70. The molecule has 1 aromatic heterocycles. The Morgan fingerprint density at radius 2 is 1.97 bits per heavy atom. The van der Waals surface area contributed by atoms with Gasteiger partial charge in [-0.15, -0.1) is 10.1 Å². The summed E-state index contributed by atoms with van der Waals surface area (Å²) in [7, 11) is 0. The zero-order chi connectivity index (χ0) is 22.5. The average Bonchev–Trinajstić information content (AvgIpc) is 3.05. The van der Waals surface area contributed by atoms with E-state index in [0.29, 0.717) is 38.4 Å². The number of carboxylic acid groups (broad SMARTS) is 1. The Bertz CT molecular complexity index is 1210. The molecule has 0 spiro atoms. The van der Waals surface area contributed by atoms with Crippen LogP contribution in [0, 0.1) is 28.9 Å². The van der Waals surface area contributed by atoms with Gasteiger partial charge < -0.3 is 9.94 Å². The first-order valence-electron chi connectivity index (χ1n) is 8.92. The van der Waals surface area contributed by atoms with Crippen molar-refractivity contribution in [3.8, 4) is 28.9 Å². The van der Waals surface area contributed by atoms with Crippen molar-refractivity contribution >= 4 is 29.2 Å². The summed E-state index contributed by atoms with van der Waals surface area (Å²) in [6.07, 6.45) is 0.213. The van der Waals surface area contributed by atoms with E-state index in [1.165, 1.54) is 0 Å². The number of aromatic carboxylic acids is 1. The molecule has 0 fully saturated rings. The Balaban J connectivity index is 1.97. The highest BCUT2D eigenvalue weighted by atomic mass is 35.5. The molecule has 31 heavy (non-hydrogen) atoms. The summed E-state index contributed by atoms with van der Waals surface area (Å²) in [5.74, 6) is 4.90. The minimum Gasteiger partial charge on any atom is -0.476 e. The summed E-state index contributed by atoms with van der Waals surface area (Å²) >= 11 is 12.3. The van der Waals surface area contributed by atoms with E-state index in [1.807, 2.05) is 0 Å². The van der Waals surface area contributed by atoms with E-state index < -0.39 is 11.1 Å². The van der Waals surface area contributed by atoms with Gasteiger partial charge in [0.05, 0.1) is 10.7 Å². The zero-order valence-electron chi connectivity index (χ0n) is 16.1. The van der Waals surface area contributed by atoms with E-state index in [2.05, 4.69) is 21.7 Å². The van der Waals surface area contributed by atoms with Crippen LogP contribution in [-0.2, 0) is 4.84 Å². The van der Waals surface area contributed by atoms with Crippen molar-refractivity contribution in [2.45, 2.75) is 13.3 Å². The molecule has 0 aliphatic carbocycles. The first kappa shape index (κ1) is 22.2. The van der Waals surface area contributed by atoms with Crippen molar-refractivity contribution in [3.63, 3.8) is 0 Å². The van der Waals surface area contributed by atoms with Crippen LogP contribution in [0.4, 0.5) is 0 Å². The van der Waals surface area contributed by atoms with Gasteiger partial charge in [-0.05, 0) is 49.4 Å². The molecule has 0 atom stereocenters. The fourth-order valence-corrected chi connectivity index (χ4v) is 3.39. The highest BCUT2D eigenvalue weighted by Crippen LogP contribution is 2.33. The van der Waals surface area contributed by atoms with Gasteiger partial charge in [-0.3, -0.25) is 4.57 Å². The largest absolute Gasteiger partial charge is 0.476 e. The molecule has 0 amide bonds. The molecule has 158 valence electrons. The second-order valence-electron chi connectivity index (χ2n) is 6.29. The molecule has 3 rings (SSSR count). The third-order valence-corrected chi connectivity index (χ3v) is 4.81. The number of aromatic nitrogens is 2. The monoisotopic (exact) mass is 459 g/mol. The summed E-state index contributed by atoms with van der Waals surface area (Å²) in [5, 5.41) is 19.6. The number of hydrogen-bond acceptors (Lipinski definition) is 5. The Labute approximate surface area is 187 Å². The summed E-state index contributed by atoms with van der Waals surface area (Å²) in [6.45, 7) is 1.56.